The van der Waals surface area contributed by atoms with Gasteiger partial charge in [0.25, 0.3) is 0 Å². The topological polar surface area (TPSA) is 51.2 Å². The Balaban J connectivity index is 0.00000137. The van der Waals surface area contributed by atoms with Gasteiger partial charge in [-0.05, 0) is 32.9 Å². The zero-order valence-corrected chi connectivity index (χ0v) is 12.7. The number of ether oxygens (including phenoxy) is 1. The summed E-state index contributed by atoms with van der Waals surface area (Å²) in [7, 11) is 0. The zero-order chi connectivity index (χ0) is 14.3. The Kier molecular flexibility index (Phi) is 7.02. The molecular weight excluding hydrogens is 275 g/mol. The molecule has 1 aromatic rings. The van der Waals surface area contributed by atoms with Crippen LogP contribution in [0.2, 0.25) is 10.3 Å². The van der Waals surface area contributed by atoms with Crippen molar-refractivity contribution in [1.82, 2.24) is 4.98 Å². The Morgan fingerprint density at radius 1 is 1.28 bits per heavy atom. The number of carbonyl (C=O) groups is 1. The SMILES string of the molecule is CC.CC(C)(C)OC(=O)Nc1ccc(Cl)nc1Cl. The summed E-state index contributed by atoms with van der Waals surface area (Å²) in [4.78, 5) is 15.2. The number of rotatable bonds is 1. The number of nitrogens with zero attached hydrogens (tertiary/aromatic N) is 1. The van der Waals surface area contributed by atoms with Gasteiger partial charge in [0.2, 0.25) is 0 Å². The van der Waals surface area contributed by atoms with Gasteiger partial charge in [0.15, 0.2) is 5.15 Å². The Labute approximate surface area is 118 Å². The van der Waals surface area contributed by atoms with Crippen molar-refractivity contribution < 1.29 is 9.53 Å². The molecule has 0 unspecified atom stereocenters. The van der Waals surface area contributed by atoms with Crippen LogP contribution in [0.15, 0.2) is 12.1 Å². The third-order valence-electron chi connectivity index (χ3n) is 1.45. The molecule has 1 amide bonds. The fourth-order valence-corrected chi connectivity index (χ4v) is 1.31. The van der Waals surface area contributed by atoms with Crippen LogP contribution in [0, 0.1) is 0 Å². The molecule has 1 heterocycles. The predicted octanol–water partition coefficient (Wildman–Crippen LogP) is 4.76. The minimum absolute atomic E-state index is 0.123. The molecule has 0 aliphatic rings. The molecule has 0 atom stereocenters. The second kappa shape index (κ2) is 7.44. The minimum Gasteiger partial charge on any atom is -0.444 e. The Bertz CT molecular complexity index is 404. The molecule has 0 aromatic carbocycles. The molecule has 1 N–H and O–H groups in total. The molecule has 1 aromatic heterocycles. The van der Waals surface area contributed by atoms with E-state index < -0.39 is 11.7 Å². The van der Waals surface area contributed by atoms with Gasteiger partial charge in [0, 0.05) is 0 Å². The predicted molar refractivity (Wildman–Crippen MR) is 75.5 cm³/mol. The molecule has 0 bridgehead atoms. The molecule has 0 saturated heterocycles. The number of nitrogens with one attached hydrogen (secondary N) is 1. The fourth-order valence-electron chi connectivity index (χ4n) is 0.919. The highest BCUT2D eigenvalue weighted by atomic mass is 35.5. The summed E-state index contributed by atoms with van der Waals surface area (Å²) in [6.45, 7) is 9.32. The summed E-state index contributed by atoms with van der Waals surface area (Å²) in [6, 6.07) is 3.09. The first-order valence-corrected chi connectivity index (χ1v) is 6.35. The third-order valence-corrected chi connectivity index (χ3v) is 1.95. The van der Waals surface area contributed by atoms with Gasteiger partial charge in [0.05, 0.1) is 5.69 Å². The van der Waals surface area contributed by atoms with E-state index in [4.69, 9.17) is 27.9 Å². The van der Waals surface area contributed by atoms with Crippen LogP contribution in [0.3, 0.4) is 0 Å². The smallest absolute Gasteiger partial charge is 0.412 e. The van der Waals surface area contributed by atoms with Gasteiger partial charge in [-0.3, -0.25) is 5.32 Å². The normalized spacial score (nSPS) is 10.2. The van der Waals surface area contributed by atoms with Crippen molar-refractivity contribution >= 4 is 35.0 Å². The van der Waals surface area contributed by atoms with Crippen LogP contribution in [-0.2, 0) is 4.74 Å². The van der Waals surface area contributed by atoms with E-state index in [1.807, 2.05) is 13.8 Å². The van der Waals surface area contributed by atoms with E-state index in [0.29, 0.717) is 5.69 Å². The molecule has 102 valence electrons. The summed E-state index contributed by atoms with van der Waals surface area (Å²) < 4.78 is 5.06. The van der Waals surface area contributed by atoms with Gasteiger partial charge >= 0.3 is 6.09 Å². The number of hydrogen-bond donors (Lipinski definition) is 1. The van der Waals surface area contributed by atoms with Crippen LogP contribution < -0.4 is 5.32 Å². The van der Waals surface area contributed by atoms with Crippen molar-refractivity contribution in [2.75, 3.05) is 5.32 Å². The van der Waals surface area contributed by atoms with Gasteiger partial charge < -0.3 is 4.74 Å². The van der Waals surface area contributed by atoms with Crippen LogP contribution in [-0.4, -0.2) is 16.7 Å². The van der Waals surface area contributed by atoms with Crippen molar-refractivity contribution in [2.24, 2.45) is 0 Å². The summed E-state index contributed by atoms with van der Waals surface area (Å²) in [5, 5.41) is 2.87. The summed E-state index contributed by atoms with van der Waals surface area (Å²) in [5.74, 6) is 0. The summed E-state index contributed by atoms with van der Waals surface area (Å²) >= 11 is 11.4. The Hall–Kier alpha value is -1.00. The fraction of sp³-hybridized carbons (Fsp3) is 0.500. The van der Waals surface area contributed by atoms with Crippen LogP contribution in [0.5, 0.6) is 0 Å². The highest BCUT2D eigenvalue weighted by Gasteiger charge is 2.17. The number of amides is 1. The number of anilines is 1. The van der Waals surface area contributed by atoms with Crippen molar-refractivity contribution in [3.63, 3.8) is 0 Å². The number of hydrogen-bond acceptors (Lipinski definition) is 3. The maximum absolute atomic E-state index is 11.4. The molecule has 18 heavy (non-hydrogen) atoms. The lowest BCUT2D eigenvalue weighted by Crippen LogP contribution is -2.27. The van der Waals surface area contributed by atoms with Crippen LogP contribution in [0.25, 0.3) is 0 Å². The quantitative estimate of drug-likeness (QED) is 0.759. The molecule has 0 saturated carbocycles. The first-order valence-electron chi connectivity index (χ1n) is 5.60. The molecule has 0 aliphatic heterocycles. The van der Waals surface area contributed by atoms with E-state index in [1.165, 1.54) is 6.07 Å². The average molecular weight is 293 g/mol. The van der Waals surface area contributed by atoms with Crippen LogP contribution in [0.1, 0.15) is 34.6 Å². The third kappa shape index (κ3) is 6.67. The number of pyridine rings is 1. The van der Waals surface area contributed by atoms with Crippen LogP contribution in [0.4, 0.5) is 10.5 Å². The number of halogens is 2. The van der Waals surface area contributed by atoms with E-state index in [-0.39, 0.29) is 10.3 Å². The van der Waals surface area contributed by atoms with Gasteiger partial charge in [-0.25, -0.2) is 9.78 Å². The van der Waals surface area contributed by atoms with Crippen molar-refractivity contribution in [3.05, 3.63) is 22.4 Å². The molecule has 0 spiro atoms. The van der Waals surface area contributed by atoms with Crippen LogP contribution >= 0.6 is 23.2 Å². The van der Waals surface area contributed by atoms with Gasteiger partial charge in [-0.1, -0.05) is 37.0 Å². The maximum atomic E-state index is 11.4. The number of carbonyl (C=O) groups excluding carboxylic acids is 1. The van der Waals surface area contributed by atoms with Gasteiger partial charge in [-0.2, -0.15) is 0 Å². The van der Waals surface area contributed by atoms with Crippen molar-refractivity contribution in [3.8, 4) is 0 Å². The highest BCUT2D eigenvalue weighted by molar-refractivity contribution is 6.34. The Morgan fingerprint density at radius 3 is 2.28 bits per heavy atom. The lowest BCUT2D eigenvalue weighted by atomic mass is 10.2. The molecule has 4 nitrogen and oxygen atoms in total. The van der Waals surface area contributed by atoms with E-state index in [1.54, 1.807) is 26.8 Å². The van der Waals surface area contributed by atoms with Crippen molar-refractivity contribution in [1.29, 1.82) is 0 Å². The largest absolute Gasteiger partial charge is 0.444 e. The molecule has 0 fully saturated rings. The monoisotopic (exact) mass is 292 g/mol. The lowest BCUT2D eigenvalue weighted by molar-refractivity contribution is 0.0636. The average Bonchev–Trinajstić information content (AvgIpc) is 2.22. The van der Waals surface area contributed by atoms with Gasteiger partial charge in [-0.15, -0.1) is 0 Å². The first kappa shape index (κ1) is 17.0. The molecule has 6 heteroatoms. The second-order valence-electron chi connectivity index (χ2n) is 4.10. The van der Waals surface area contributed by atoms with Crippen molar-refractivity contribution in [2.45, 2.75) is 40.2 Å². The van der Waals surface area contributed by atoms with E-state index in [9.17, 15) is 4.79 Å². The molecular formula is C12H18Cl2N2O2. The first-order chi connectivity index (χ1) is 8.28. The Morgan fingerprint density at radius 2 is 1.83 bits per heavy atom. The highest BCUT2D eigenvalue weighted by Crippen LogP contribution is 2.22. The summed E-state index contributed by atoms with van der Waals surface area (Å²) in [6.07, 6.45) is -0.585. The maximum Gasteiger partial charge on any atom is 0.412 e. The van der Waals surface area contributed by atoms with E-state index >= 15 is 0 Å². The van der Waals surface area contributed by atoms with E-state index in [0.717, 1.165) is 0 Å². The molecule has 0 aliphatic carbocycles. The standard InChI is InChI=1S/C10H12Cl2N2O2.C2H6/c1-10(2,3)16-9(15)13-6-4-5-7(11)14-8(6)12;1-2/h4-5H,1-3H3,(H,13,15);1-2H3. The zero-order valence-electron chi connectivity index (χ0n) is 11.2. The van der Waals surface area contributed by atoms with Gasteiger partial charge in [0.1, 0.15) is 10.8 Å². The van der Waals surface area contributed by atoms with E-state index in [2.05, 4.69) is 10.3 Å². The minimum atomic E-state index is -0.585. The number of aromatic nitrogens is 1. The lowest BCUT2D eigenvalue weighted by Gasteiger charge is -2.19. The second-order valence-corrected chi connectivity index (χ2v) is 4.84. The molecule has 0 radical (unpaired) electrons. The summed E-state index contributed by atoms with van der Waals surface area (Å²) in [5.41, 5.74) is -0.198. The molecule has 1 rings (SSSR count).